The van der Waals surface area contributed by atoms with E-state index in [2.05, 4.69) is 0 Å². The fourth-order valence-electron chi connectivity index (χ4n) is 2.77. The van der Waals surface area contributed by atoms with Crippen molar-refractivity contribution in [3.63, 3.8) is 0 Å². The minimum absolute atomic E-state index is 0.200. The Kier molecular flexibility index (Phi) is 5.75. The Bertz CT molecular complexity index is 666. The molecule has 1 fully saturated rings. The minimum Gasteiger partial charge on any atom is -0.339 e. The van der Waals surface area contributed by atoms with Gasteiger partial charge in [-0.2, -0.15) is 4.31 Å². The topological polar surface area (TPSA) is 57.7 Å². The van der Waals surface area contributed by atoms with Crippen LogP contribution in [0.2, 0.25) is 0 Å². The number of rotatable bonds is 5. The van der Waals surface area contributed by atoms with Crippen LogP contribution in [0, 0.1) is 5.82 Å². The van der Waals surface area contributed by atoms with Gasteiger partial charge < -0.3 is 4.90 Å². The molecule has 1 amide bonds. The largest absolute Gasteiger partial charge is 0.339 e. The summed E-state index contributed by atoms with van der Waals surface area (Å²) in [5.74, 6) is -1.10. The lowest BCUT2D eigenvalue weighted by molar-refractivity contribution is 0.0772. The molecule has 0 N–H and O–H groups in total. The molecule has 23 heavy (non-hydrogen) atoms. The zero-order chi connectivity index (χ0) is 17.0. The van der Waals surface area contributed by atoms with Gasteiger partial charge in [0.25, 0.3) is 5.91 Å². The van der Waals surface area contributed by atoms with Crippen LogP contribution < -0.4 is 0 Å². The second-order valence-electron chi connectivity index (χ2n) is 5.59. The van der Waals surface area contributed by atoms with Crippen molar-refractivity contribution in [1.82, 2.24) is 9.21 Å². The maximum Gasteiger partial charge on any atom is 0.253 e. The first kappa shape index (κ1) is 17.9. The Labute approximate surface area is 137 Å². The number of benzene rings is 1. The molecule has 0 atom stereocenters. The number of halogens is 1. The van der Waals surface area contributed by atoms with Crippen LogP contribution in [0.25, 0.3) is 0 Å². The monoisotopic (exact) mass is 342 g/mol. The van der Waals surface area contributed by atoms with E-state index in [4.69, 9.17) is 0 Å². The van der Waals surface area contributed by atoms with Gasteiger partial charge in [-0.3, -0.25) is 4.79 Å². The van der Waals surface area contributed by atoms with E-state index in [-0.39, 0.29) is 11.5 Å². The number of carbonyl (C=O) groups excluding carboxylic acids is 1. The third-order valence-electron chi connectivity index (χ3n) is 4.16. The number of carbonyl (C=O) groups is 1. The number of hydrogen-bond donors (Lipinski definition) is 0. The van der Waals surface area contributed by atoms with Gasteiger partial charge in [0.1, 0.15) is 10.7 Å². The lowest BCUT2D eigenvalue weighted by Gasteiger charge is -2.26. The smallest absolute Gasteiger partial charge is 0.253 e. The van der Waals surface area contributed by atoms with Crippen LogP contribution in [0.15, 0.2) is 23.1 Å². The molecule has 0 bridgehead atoms. The van der Waals surface area contributed by atoms with Crippen molar-refractivity contribution in [3.8, 4) is 0 Å². The molecule has 1 aromatic carbocycles. The Morgan fingerprint density at radius 3 is 2.35 bits per heavy atom. The van der Waals surface area contributed by atoms with Gasteiger partial charge in [-0.1, -0.05) is 6.42 Å². The van der Waals surface area contributed by atoms with Crippen LogP contribution in [0.5, 0.6) is 0 Å². The van der Waals surface area contributed by atoms with E-state index in [1.54, 1.807) is 4.90 Å². The normalized spacial score (nSPS) is 16.3. The fourth-order valence-corrected chi connectivity index (χ4v) is 4.38. The fraction of sp³-hybridized carbons (Fsp3) is 0.562. The zero-order valence-electron chi connectivity index (χ0n) is 13.6. The number of piperidine rings is 1. The number of amides is 1. The summed E-state index contributed by atoms with van der Waals surface area (Å²) in [7, 11) is -3.90. The molecule has 0 saturated carbocycles. The Balaban J connectivity index is 2.39. The average molecular weight is 342 g/mol. The predicted molar refractivity (Wildman–Crippen MR) is 86.3 cm³/mol. The van der Waals surface area contributed by atoms with Crippen LogP contribution >= 0.6 is 0 Å². The van der Waals surface area contributed by atoms with E-state index in [0.717, 1.165) is 25.3 Å². The van der Waals surface area contributed by atoms with E-state index < -0.39 is 20.7 Å². The molecule has 0 spiro atoms. The Morgan fingerprint density at radius 2 is 1.78 bits per heavy atom. The summed E-state index contributed by atoms with van der Waals surface area (Å²) in [6, 6.07) is 3.57. The highest BCUT2D eigenvalue weighted by Gasteiger charge is 2.29. The van der Waals surface area contributed by atoms with Gasteiger partial charge >= 0.3 is 0 Å². The SMILES string of the molecule is CCN(CC)C(=O)c1ccc(F)c(S(=O)(=O)N2CCCCC2)c1. The quantitative estimate of drug-likeness (QED) is 0.826. The maximum absolute atomic E-state index is 14.1. The van der Waals surface area contributed by atoms with Crippen molar-refractivity contribution in [2.24, 2.45) is 0 Å². The molecular formula is C16H23FN2O3S. The van der Waals surface area contributed by atoms with Crippen molar-refractivity contribution in [1.29, 1.82) is 0 Å². The van der Waals surface area contributed by atoms with Gasteiger partial charge in [-0.05, 0) is 44.9 Å². The summed E-state index contributed by atoms with van der Waals surface area (Å²) >= 11 is 0. The van der Waals surface area contributed by atoms with Crippen LogP contribution in [-0.2, 0) is 10.0 Å². The molecule has 7 heteroatoms. The van der Waals surface area contributed by atoms with Crippen LogP contribution in [-0.4, -0.2) is 49.7 Å². The van der Waals surface area contributed by atoms with Crippen molar-refractivity contribution >= 4 is 15.9 Å². The van der Waals surface area contributed by atoms with E-state index >= 15 is 0 Å². The molecule has 1 aliphatic heterocycles. The molecule has 0 unspecified atom stereocenters. The van der Waals surface area contributed by atoms with Crippen molar-refractivity contribution in [3.05, 3.63) is 29.6 Å². The summed E-state index contributed by atoms with van der Waals surface area (Å²) in [6.07, 6.45) is 2.53. The van der Waals surface area contributed by atoms with E-state index in [1.165, 1.54) is 16.4 Å². The average Bonchev–Trinajstić information content (AvgIpc) is 2.57. The summed E-state index contributed by atoms with van der Waals surface area (Å²) in [4.78, 5) is 13.5. The first-order valence-corrected chi connectivity index (χ1v) is 9.44. The Hall–Kier alpha value is -1.47. The molecule has 0 aromatic heterocycles. The van der Waals surface area contributed by atoms with Gasteiger partial charge in [0.2, 0.25) is 10.0 Å². The van der Waals surface area contributed by atoms with E-state index in [1.807, 2.05) is 13.8 Å². The molecule has 0 aliphatic carbocycles. The molecular weight excluding hydrogens is 319 g/mol. The highest BCUT2D eigenvalue weighted by Crippen LogP contribution is 2.24. The predicted octanol–water partition coefficient (Wildman–Crippen LogP) is 2.48. The molecule has 128 valence electrons. The number of sulfonamides is 1. The summed E-state index contributed by atoms with van der Waals surface area (Å²) < 4.78 is 40.7. The highest BCUT2D eigenvalue weighted by molar-refractivity contribution is 7.89. The van der Waals surface area contributed by atoms with Crippen LogP contribution in [0.1, 0.15) is 43.5 Å². The van der Waals surface area contributed by atoms with Gasteiger partial charge in [0.05, 0.1) is 0 Å². The van der Waals surface area contributed by atoms with Crippen LogP contribution in [0.4, 0.5) is 4.39 Å². The number of nitrogens with zero attached hydrogens (tertiary/aromatic N) is 2. The lowest BCUT2D eigenvalue weighted by Crippen LogP contribution is -2.36. The molecule has 1 saturated heterocycles. The molecule has 5 nitrogen and oxygen atoms in total. The zero-order valence-corrected chi connectivity index (χ0v) is 14.4. The standard InChI is InChI=1S/C16H23FN2O3S/c1-3-18(4-2)16(20)13-8-9-14(17)15(12-13)23(21,22)19-10-6-5-7-11-19/h8-9,12H,3-7,10-11H2,1-2H3. The molecule has 1 aliphatic rings. The molecule has 1 aromatic rings. The van der Waals surface area contributed by atoms with Gasteiger partial charge in [-0.25, -0.2) is 12.8 Å². The number of hydrogen-bond acceptors (Lipinski definition) is 3. The highest BCUT2D eigenvalue weighted by atomic mass is 32.2. The molecule has 0 radical (unpaired) electrons. The third kappa shape index (κ3) is 3.72. The third-order valence-corrected chi connectivity index (χ3v) is 6.08. The first-order chi connectivity index (χ1) is 10.9. The lowest BCUT2D eigenvalue weighted by atomic mass is 10.2. The molecule has 1 heterocycles. The summed E-state index contributed by atoms with van der Waals surface area (Å²) in [5, 5.41) is 0. The minimum atomic E-state index is -3.90. The second-order valence-corrected chi connectivity index (χ2v) is 7.49. The second kappa shape index (κ2) is 7.40. The van der Waals surface area contributed by atoms with E-state index in [9.17, 15) is 17.6 Å². The van der Waals surface area contributed by atoms with Gasteiger partial charge in [-0.15, -0.1) is 0 Å². The van der Waals surface area contributed by atoms with Crippen molar-refractivity contribution in [2.75, 3.05) is 26.2 Å². The van der Waals surface area contributed by atoms with E-state index in [0.29, 0.717) is 26.2 Å². The molecule has 2 rings (SSSR count). The Morgan fingerprint density at radius 1 is 1.17 bits per heavy atom. The maximum atomic E-state index is 14.1. The summed E-state index contributed by atoms with van der Waals surface area (Å²) in [6.45, 7) is 5.51. The first-order valence-electron chi connectivity index (χ1n) is 8.00. The van der Waals surface area contributed by atoms with Gasteiger partial charge in [0, 0.05) is 31.7 Å². The van der Waals surface area contributed by atoms with Crippen molar-refractivity contribution < 1.29 is 17.6 Å². The van der Waals surface area contributed by atoms with Gasteiger partial charge in [0.15, 0.2) is 0 Å². The van der Waals surface area contributed by atoms with Crippen LogP contribution in [0.3, 0.4) is 0 Å². The summed E-state index contributed by atoms with van der Waals surface area (Å²) in [5.41, 5.74) is 0.200. The van der Waals surface area contributed by atoms with Crippen molar-refractivity contribution in [2.45, 2.75) is 38.0 Å².